The van der Waals surface area contributed by atoms with E-state index in [4.69, 9.17) is 4.74 Å². The molecule has 0 aliphatic carbocycles. The van der Waals surface area contributed by atoms with Crippen LogP contribution in [0.4, 0.5) is 0 Å². The second kappa shape index (κ2) is 5.03. The highest BCUT2D eigenvalue weighted by atomic mass is 79.9. The van der Waals surface area contributed by atoms with Gasteiger partial charge in [0.2, 0.25) is 0 Å². The van der Waals surface area contributed by atoms with Gasteiger partial charge in [0.25, 0.3) is 0 Å². The van der Waals surface area contributed by atoms with Crippen molar-refractivity contribution < 1.29 is 9.84 Å². The first-order valence-corrected chi connectivity index (χ1v) is 6.02. The summed E-state index contributed by atoms with van der Waals surface area (Å²) in [6.07, 6.45) is 0. The van der Waals surface area contributed by atoms with Crippen LogP contribution in [0.2, 0.25) is 0 Å². The van der Waals surface area contributed by atoms with Gasteiger partial charge in [0, 0.05) is 35.7 Å². The van der Waals surface area contributed by atoms with Crippen molar-refractivity contribution in [3.8, 4) is 11.5 Å². The first-order chi connectivity index (χ1) is 7.72. The molecule has 3 N–H and O–H groups in total. The highest BCUT2D eigenvalue weighted by Gasteiger charge is 2.20. The summed E-state index contributed by atoms with van der Waals surface area (Å²) in [5.74, 6) is 0.712. The van der Waals surface area contributed by atoms with E-state index in [9.17, 15) is 5.11 Å². The van der Waals surface area contributed by atoms with Gasteiger partial charge in [-0.1, -0.05) is 15.9 Å². The Labute approximate surface area is 103 Å². The molecule has 4 nitrogen and oxygen atoms in total. The lowest BCUT2D eigenvalue weighted by molar-refractivity contribution is 0.358. The number of aromatic hydroxyl groups is 1. The maximum Gasteiger partial charge on any atom is 0.162 e. The first kappa shape index (κ1) is 11.7. The summed E-state index contributed by atoms with van der Waals surface area (Å²) in [5.41, 5.74) is 0.860. The Bertz CT molecular complexity index is 378. The van der Waals surface area contributed by atoms with E-state index in [1.165, 1.54) is 0 Å². The molecule has 1 aliphatic rings. The lowest BCUT2D eigenvalue weighted by Crippen LogP contribution is -2.42. The molecule has 0 saturated carbocycles. The Kier molecular flexibility index (Phi) is 3.68. The lowest BCUT2D eigenvalue weighted by Gasteiger charge is -2.26. The zero-order valence-electron chi connectivity index (χ0n) is 9.09. The monoisotopic (exact) mass is 286 g/mol. The number of hydrogen-bond donors (Lipinski definition) is 3. The van der Waals surface area contributed by atoms with E-state index in [-0.39, 0.29) is 11.8 Å². The number of methoxy groups -OCH3 is 1. The van der Waals surface area contributed by atoms with E-state index in [1.54, 1.807) is 13.2 Å². The smallest absolute Gasteiger partial charge is 0.162 e. The molecule has 1 atom stereocenters. The number of rotatable bonds is 2. The largest absolute Gasteiger partial charge is 0.504 e. The van der Waals surface area contributed by atoms with Gasteiger partial charge in [0.15, 0.2) is 11.5 Å². The summed E-state index contributed by atoms with van der Waals surface area (Å²) in [4.78, 5) is 0. The number of phenols is 1. The number of piperazine rings is 1. The van der Waals surface area contributed by atoms with Crippen LogP contribution in [-0.4, -0.2) is 31.9 Å². The van der Waals surface area contributed by atoms with Gasteiger partial charge >= 0.3 is 0 Å². The van der Waals surface area contributed by atoms with Gasteiger partial charge < -0.3 is 20.5 Å². The minimum atomic E-state index is 0.125. The van der Waals surface area contributed by atoms with Gasteiger partial charge in [0.1, 0.15) is 0 Å². The Hall–Kier alpha value is -0.780. The number of phenolic OH excluding ortho intramolecular Hbond substituents is 1. The lowest BCUT2D eigenvalue weighted by atomic mass is 10.0. The SMILES string of the molecule is COc1cc(Br)cc([C@H]2CNCCN2)c1O. The van der Waals surface area contributed by atoms with Gasteiger partial charge in [-0.2, -0.15) is 0 Å². The van der Waals surface area contributed by atoms with Gasteiger partial charge in [-0.3, -0.25) is 0 Å². The van der Waals surface area contributed by atoms with Gasteiger partial charge in [-0.05, 0) is 12.1 Å². The van der Waals surface area contributed by atoms with Crippen molar-refractivity contribution in [1.29, 1.82) is 0 Å². The molecule has 1 aromatic carbocycles. The highest BCUT2D eigenvalue weighted by molar-refractivity contribution is 9.10. The topological polar surface area (TPSA) is 53.5 Å². The van der Waals surface area contributed by atoms with Crippen LogP contribution in [0.3, 0.4) is 0 Å². The third-order valence-corrected chi connectivity index (χ3v) is 3.16. The second-order valence-corrected chi connectivity index (χ2v) is 4.67. The minimum Gasteiger partial charge on any atom is -0.504 e. The van der Waals surface area contributed by atoms with Gasteiger partial charge in [-0.15, -0.1) is 0 Å². The summed E-state index contributed by atoms with van der Waals surface area (Å²) < 4.78 is 6.04. The molecule has 16 heavy (non-hydrogen) atoms. The van der Waals surface area contributed by atoms with Crippen LogP contribution in [0.1, 0.15) is 11.6 Å². The summed E-state index contributed by atoms with van der Waals surface area (Å²) in [6.45, 7) is 2.68. The number of halogens is 1. The zero-order chi connectivity index (χ0) is 11.5. The standard InChI is InChI=1S/C11H15BrN2O2/c1-16-10-5-7(12)4-8(11(10)15)9-6-13-2-3-14-9/h4-5,9,13-15H,2-3,6H2,1H3/t9-/m1/s1. The molecule has 0 aromatic heterocycles. The van der Waals surface area contributed by atoms with Crippen LogP contribution in [0, 0.1) is 0 Å². The average Bonchev–Trinajstić information content (AvgIpc) is 2.33. The number of nitrogens with one attached hydrogen (secondary N) is 2. The van der Waals surface area contributed by atoms with Crippen LogP contribution >= 0.6 is 15.9 Å². The fourth-order valence-corrected chi connectivity index (χ4v) is 2.34. The van der Waals surface area contributed by atoms with Gasteiger partial charge in [-0.25, -0.2) is 0 Å². The number of benzene rings is 1. The summed E-state index contributed by atoms with van der Waals surface area (Å²) in [6, 6.07) is 3.80. The first-order valence-electron chi connectivity index (χ1n) is 5.23. The molecular weight excluding hydrogens is 272 g/mol. The van der Waals surface area contributed by atoms with Crippen LogP contribution < -0.4 is 15.4 Å². The molecular formula is C11H15BrN2O2. The maximum atomic E-state index is 10.1. The maximum absolute atomic E-state index is 10.1. The van der Waals surface area contributed by atoms with Crippen molar-refractivity contribution in [2.24, 2.45) is 0 Å². The molecule has 1 fully saturated rings. The molecule has 1 heterocycles. The third-order valence-electron chi connectivity index (χ3n) is 2.71. The molecule has 1 saturated heterocycles. The number of hydrogen-bond acceptors (Lipinski definition) is 4. The fourth-order valence-electron chi connectivity index (χ4n) is 1.89. The van der Waals surface area contributed by atoms with Crippen molar-refractivity contribution in [1.82, 2.24) is 10.6 Å². The molecule has 0 amide bonds. The molecule has 5 heteroatoms. The van der Waals surface area contributed by atoms with Crippen LogP contribution in [0.5, 0.6) is 11.5 Å². The predicted octanol–water partition coefficient (Wildman–Crippen LogP) is 1.40. The molecule has 2 rings (SSSR count). The second-order valence-electron chi connectivity index (χ2n) is 3.76. The van der Waals surface area contributed by atoms with Crippen LogP contribution in [-0.2, 0) is 0 Å². The fraction of sp³-hybridized carbons (Fsp3) is 0.455. The molecule has 0 bridgehead atoms. The van der Waals surface area contributed by atoms with Crippen LogP contribution in [0.25, 0.3) is 0 Å². The van der Waals surface area contributed by atoms with E-state index < -0.39 is 0 Å². The summed E-state index contributed by atoms with van der Waals surface area (Å²) in [7, 11) is 1.55. The van der Waals surface area contributed by atoms with Gasteiger partial charge in [0.05, 0.1) is 7.11 Å². The van der Waals surface area contributed by atoms with E-state index in [0.717, 1.165) is 29.7 Å². The van der Waals surface area contributed by atoms with Crippen LogP contribution in [0.15, 0.2) is 16.6 Å². The van der Waals surface area contributed by atoms with Crippen molar-refractivity contribution in [2.45, 2.75) is 6.04 Å². The normalized spacial score (nSPS) is 20.8. The quantitative estimate of drug-likeness (QED) is 0.769. The summed E-state index contributed by atoms with van der Waals surface area (Å²) in [5, 5.41) is 16.7. The molecule has 1 aromatic rings. The van der Waals surface area contributed by atoms with E-state index in [2.05, 4.69) is 26.6 Å². The van der Waals surface area contributed by atoms with Crippen molar-refractivity contribution in [2.75, 3.05) is 26.7 Å². The van der Waals surface area contributed by atoms with Crippen molar-refractivity contribution in [3.63, 3.8) is 0 Å². The minimum absolute atomic E-state index is 0.125. The Morgan fingerprint density at radius 2 is 2.25 bits per heavy atom. The zero-order valence-corrected chi connectivity index (χ0v) is 10.7. The van der Waals surface area contributed by atoms with Crippen molar-refractivity contribution >= 4 is 15.9 Å². The highest BCUT2D eigenvalue weighted by Crippen LogP contribution is 2.36. The third kappa shape index (κ3) is 2.31. The van der Waals surface area contributed by atoms with Crippen molar-refractivity contribution in [3.05, 3.63) is 22.2 Å². The predicted molar refractivity (Wildman–Crippen MR) is 66.0 cm³/mol. The molecule has 88 valence electrons. The molecule has 0 spiro atoms. The van der Waals surface area contributed by atoms with E-state index >= 15 is 0 Å². The molecule has 0 unspecified atom stereocenters. The Morgan fingerprint density at radius 3 is 2.88 bits per heavy atom. The average molecular weight is 287 g/mol. The van der Waals surface area contributed by atoms with E-state index in [0.29, 0.717) is 5.75 Å². The summed E-state index contributed by atoms with van der Waals surface area (Å²) >= 11 is 3.42. The Balaban J connectivity index is 2.34. The van der Waals surface area contributed by atoms with E-state index in [1.807, 2.05) is 6.07 Å². The number of ether oxygens (including phenoxy) is 1. The Morgan fingerprint density at radius 1 is 1.44 bits per heavy atom. The molecule has 1 aliphatic heterocycles. The molecule has 0 radical (unpaired) electrons.